The van der Waals surface area contributed by atoms with Crippen LogP contribution in [0.1, 0.15) is 12.8 Å². The average molecular weight is 338 g/mol. The zero-order valence-corrected chi connectivity index (χ0v) is 12.4. The van der Waals surface area contributed by atoms with Crippen LogP contribution in [0.5, 0.6) is 0 Å². The van der Waals surface area contributed by atoms with Gasteiger partial charge < -0.3 is 9.84 Å². The van der Waals surface area contributed by atoms with E-state index >= 15 is 0 Å². The van der Waals surface area contributed by atoms with Crippen LogP contribution in [0.2, 0.25) is 5.02 Å². The first-order chi connectivity index (χ1) is 9.77. The Morgan fingerprint density at radius 3 is 2.76 bits per heavy atom. The molecule has 1 aromatic rings. The zero-order valence-electron chi connectivity index (χ0n) is 10.8. The molecule has 2 rings (SSSR count). The van der Waals surface area contributed by atoms with Crippen LogP contribution in [0.25, 0.3) is 0 Å². The van der Waals surface area contributed by atoms with Gasteiger partial charge in [0.2, 0.25) is 10.0 Å². The summed E-state index contributed by atoms with van der Waals surface area (Å²) in [6.45, 7) is 0.0338. The van der Waals surface area contributed by atoms with Gasteiger partial charge in [-0.15, -0.1) is 0 Å². The van der Waals surface area contributed by atoms with Gasteiger partial charge in [-0.3, -0.25) is 4.79 Å². The molecular formula is C12H13ClFNO5S. The molecule has 1 unspecified atom stereocenters. The number of carboxylic acid groups (broad SMARTS) is 1. The van der Waals surface area contributed by atoms with Crippen molar-refractivity contribution < 1.29 is 27.4 Å². The van der Waals surface area contributed by atoms with Crippen molar-refractivity contribution in [2.24, 2.45) is 0 Å². The number of carboxylic acids is 1. The van der Waals surface area contributed by atoms with Crippen LogP contribution < -0.4 is 4.72 Å². The number of hydrogen-bond donors (Lipinski definition) is 2. The van der Waals surface area contributed by atoms with Gasteiger partial charge in [0.15, 0.2) is 5.54 Å². The largest absolute Gasteiger partial charge is 0.480 e. The van der Waals surface area contributed by atoms with Crippen LogP contribution in [0.15, 0.2) is 23.1 Å². The second-order valence-electron chi connectivity index (χ2n) is 4.72. The van der Waals surface area contributed by atoms with Gasteiger partial charge in [0, 0.05) is 11.6 Å². The third kappa shape index (κ3) is 3.34. The summed E-state index contributed by atoms with van der Waals surface area (Å²) in [5.41, 5.74) is -1.80. The second-order valence-corrected chi connectivity index (χ2v) is 6.81. The summed E-state index contributed by atoms with van der Waals surface area (Å²) in [6.07, 6.45) is 0.441. The van der Waals surface area contributed by atoms with Crippen LogP contribution in [0.4, 0.5) is 4.39 Å². The minimum atomic E-state index is -4.39. The second kappa shape index (κ2) is 5.88. The van der Waals surface area contributed by atoms with E-state index in [1.807, 2.05) is 4.72 Å². The third-order valence-corrected chi connectivity index (χ3v) is 4.95. The minimum absolute atomic E-state index is 0.0287. The topological polar surface area (TPSA) is 92.7 Å². The molecule has 1 atom stereocenters. The monoisotopic (exact) mass is 337 g/mol. The first kappa shape index (κ1) is 16.2. The number of carbonyl (C=O) groups is 1. The molecule has 0 aliphatic carbocycles. The van der Waals surface area contributed by atoms with Crippen LogP contribution in [-0.4, -0.2) is 38.2 Å². The lowest BCUT2D eigenvalue weighted by Crippen LogP contribution is -2.59. The summed E-state index contributed by atoms with van der Waals surface area (Å²) >= 11 is 5.66. The van der Waals surface area contributed by atoms with Crippen molar-refractivity contribution in [2.45, 2.75) is 23.3 Å². The molecule has 0 saturated carbocycles. The van der Waals surface area contributed by atoms with Gasteiger partial charge in [-0.05, 0) is 31.0 Å². The maximum absolute atomic E-state index is 13.7. The smallest absolute Gasteiger partial charge is 0.327 e. The van der Waals surface area contributed by atoms with Crippen molar-refractivity contribution in [3.63, 3.8) is 0 Å². The van der Waals surface area contributed by atoms with Crippen LogP contribution >= 0.6 is 11.6 Å². The number of benzene rings is 1. The summed E-state index contributed by atoms with van der Waals surface area (Å²) in [4.78, 5) is 10.7. The van der Waals surface area contributed by atoms with Crippen LogP contribution in [0, 0.1) is 5.82 Å². The fraction of sp³-hybridized carbons (Fsp3) is 0.417. The maximum Gasteiger partial charge on any atom is 0.327 e. The first-order valence-corrected chi connectivity index (χ1v) is 7.93. The number of rotatable bonds is 4. The van der Waals surface area contributed by atoms with Crippen molar-refractivity contribution >= 4 is 27.6 Å². The van der Waals surface area contributed by atoms with Gasteiger partial charge in [-0.2, -0.15) is 4.72 Å². The SMILES string of the molecule is O=C(O)C1(NS(=O)(=O)c2cc(Cl)ccc2F)CCCOC1. The molecule has 1 aliphatic rings. The van der Waals surface area contributed by atoms with E-state index in [9.17, 15) is 22.7 Å². The highest BCUT2D eigenvalue weighted by Gasteiger charge is 2.44. The van der Waals surface area contributed by atoms with E-state index in [0.717, 1.165) is 12.1 Å². The highest BCUT2D eigenvalue weighted by atomic mass is 35.5. The van der Waals surface area contributed by atoms with Crippen LogP contribution in [-0.2, 0) is 19.6 Å². The molecule has 1 heterocycles. The van der Waals surface area contributed by atoms with Crippen molar-refractivity contribution in [3.8, 4) is 0 Å². The van der Waals surface area contributed by atoms with E-state index in [-0.39, 0.29) is 18.1 Å². The lowest BCUT2D eigenvalue weighted by molar-refractivity contribution is -0.149. The molecule has 1 saturated heterocycles. The predicted molar refractivity (Wildman–Crippen MR) is 72.2 cm³/mol. The molecule has 0 aromatic heterocycles. The summed E-state index contributed by atoms with van der Waals surface area (Å²) in [5, 5.41) is 9.32. The van der Waals surface area contributed by atoms with E-state index in [2.05, 4.69) is 0 Å². The summed E-state index contributed by atoms with van der Waals surface area (Å²) in [5.74, 6) is -2.38. The van der Waals surface area contributed by atoms with Gasteiger partial charge in [0.1, 0.15) is 10.7 Å². The number of ether oxygens (including phenoxy) is 1. The Balaban J connectivity index is 2.39. The highest BCUT2D eigenvalue weighted by molar-refractivity contribution is 7.89. The Morgan fingerprint density at radius 2 is 2.19 bits per heavy atom. The molecular weight excluding hydrogens is 325 g/mol. The number of sulfonamides is 1. The van der Waals surface area contributed by atoms with Gasteiger partial charge in [0.05, 0.1) is 6.61 Å². The minimum Gasteiger partial charge on any atom is -0.480 e. The normalized spacial score (nSPS) is 23.0. The molecule has 116 valence electrons. The fourth-order valence-electron chi connectivity index (χ4n) is 2.08. The van der Waals surface area contributed by atoms with E-state index in [0.29, 0.717) is 13.0 Å². The zero-order chi connectivity index (χ0) is 15.7. The Labute approximate surface area is 125 Å². The standard InChI is InChI=1S/C12H13ClFNO5S/c13-8-2-3-9(14)10(6-8)21(18,19)15-12(11(16)17)4-1-5-20-7-12/h2-3,6,15H,1,4-5,7H2,(H,16,17). The van der Waals surface area contributed by atoms with Gasteiger partial charge in [0.25, 0.3) is 0 Å². The Kier molecular flexibility index (Phi) is 4.52. The van der Waals surface area contributed by atoms with Crippen LogP contribution in [0.3, 0.4) is 0 Å². The van der Waals surface area contributed by atoms with E-state index in [1.165, 1.54) is 6.07 Å². The number of aliphatic carboxylic acids is 1. The predicted octanol–water partition coefficient (Wildman–Crippen LogP) is 1.39. The molecule has 1 aliphatic heterocycles. The Morgan fingerprint density at radius 1 is 1.48 bits per heavy atom. The molecule has 1 fully saturated rings. The molecule has 9 heteroatoms. The van der Waals surface area contributed by atoms with Crippen molar-refractivity contribution in [1.29, 1.82) is 0 Å². The molecule has 21 heavy (non-hydrogen) atoms. The summed E-state index contributed by atoms with van der Waals surface area (Å²) in [7, 11) is -4.39. The average Bonchev–Trinajstić information content (AvgIpc) is 2.42. The van der Waals surface area contributed by atoms with Gasteiger partial charge >= 0.3 is 5.97 Å². The van der Waals surface area contributed by atoms with Gasteiger partial charge in [-0.1, -0.05) is 11.6 Å². The highest BCUT2D eigenvalue weighted by Crippen LogP contribution is 2.25. The summed E-state index contributed by atoms with van der Waals surface area (Å²) < 4.78 is 45.3. The third-order valence-electron chi connectivity index (χ3n) is 3.16. The first-order valence-electron chi connectivity index (χ1n) is 6.07. The number of hydrogen-bond acceptors (Lipinski definition) is 4. The number of halogens is 2. The Bertz CT molecular complexity index is 658. The molecule has 2 N–H and O–H groups in total. The van der Waals surface area contributed by atoms with Gasteiger partial charge in [-0.25, -0.2) is 12.8 Å². The molecule has 6 nitrogen and oxygen atoms in total. The molecule has 0 spiro atoms. The van der Waals surface area contributed by atoms with Crippen molar-refractivity contribution in [2.75, 3.05) is 13.2 Å². The van der Waals surface area contributed by atoms with E-state index < -0.39 is 32.2 Å². The lowest BCUT2D eigenvalue weighted by Gasteiger charge is -2.33. The molecule has 1 aromatic carbocycles. The summed E-state index contributed by atoms with van der Waals surface area (Å²) in [6, 6.07) is 3.03. The molecule has 0 bridgehead atoms. The van der Waals surface area contributed by atoms with E-state index in [4.69, 9.17) is 16.3 Å². The molecule has 0 radical (unpaired) electrons. The fourth-order valence-corrected chi connectivity index (χ4v) is 3.80. The number of nitrogens with one attached hydrogen (secondary N) is 1. The quantitative estimate of drug-likeness (QED) is 0.866. The van der Waals surface area contributed by atoms with Crippen molar-refractivity contribution in [1.82, 2.24) is 4.72 Å². The lowest BCUT2D eigenvalue weighted by atomic mass is 9.94. The maximum atomic E-state index is 13.7. The molecule has 0 amide bonds. The van der Waals surface area contributed by atoms with E-state index in [1.54, 1.807) is 0 Å². The van der Waals surface area contributed by atoms with Crippen molar-refractivity contribution in [3.05, 3.63) is 29.0 Å². The Hall–Kier alpha value is -1.22.